The Hall–Kier alpha value is -4.36. The van der Waals surface area contributed by atoms with Gasteiger partial charge in [0.05, 0.1) is 18.5 Å². The van der Waals surface area contributed by atoms with E-state index in [2.05, 4.69) is 41.5 Å². The van der Waals surface area contributed by atoms with Gasteiger partial charge in [-0.1, -0.05) is 11.6 Å². The Bertz CT molecular complexity index is 1400. The second-order valence-corrected chi connectivity index (χ2v) is 9.86. The van der Waals surface area contributed by atoms with Gasteiger partial charge in [-0.05, 0) is 97.6 Å². The summed E-state index contributed by atoms with van der Waals surface area (Å²) in [5.74, 6) is -1.33. The number of rotatable bonds is 10. The summed E-state index contributed by atoms with van der Waals surface area (Å²) in [7, 11) is 1.16. The normalized spacial score (nSPS) is 14.4. The number of carbonyl (C=O) groups excluding carboxylic acids is 3. The van der Waals surface area contributed by atoms with Gasteiger partial charge in [0.15, 0.2) is 0 Å². The molecular weight excluding hydrogens is 555 g/mol. The highest BCUT2D eigenvalue weighted by Crippen LogP contribution is 2.23. The quantitative estimate of drug-likeness (QED) is 0.264. The van der Waals surface area contributed by atoms with Crippen LogP contribution in [0, 0.1) is 11.7 Å². The molecule has 0 unspecified atom stereocenters. The van der Waals surface area contributed by atoms with E-state index < -0.39 is 29.8 Å². The van der Waals surface area contributed by atoms with Crippen molar-refractivity contribution in [2.75, 3.05) is 30.8 Å². The van der Waals surface area contributed by atoms with Crippen LogP contribution in [0.1, 0.15) is 31.2 Å². The van der Waals surface area contributed by atoms with Crippen molar-refractivity contribution in [2.24, 2.45) is 5.92 Å². The van der Waals surface area contributed by atoms with Gasteiger partial charge in [-0.3, -0.25) is 14.9 Å². The second kappa shape index (κ2) is 14.3. The van der Waals surface area contributed by atoms with Crippen LogP contribution in [-0.2, 0) is 14.3 Å². The molecule has 3 amide bonds. The number of tetrazole rings is 1. The van der Waals surface area contributed by atoms with E-state index in [0.717, 1.165) is 45.5 Å². The second-order valence-electron chi connectivity index (χ2n) is 9.42. The summed E-state index contributed by atoms with van der Waals surface area (Å²) < 4.78 is 20.4. The summed E-state index contributed by atoms with van der Waals surface area (Å²) >= 11 is 6.16. The van der Waals surface area contributed by atoms with Gasteiger partial charge in [-0.15, -0.1) is 5.10 Å². The standard InChI is InChI=1S/C27H30ClFN8O4/c1-41-27(40)34-22-7-5-20(15-21(22)29)32-26(39)23(6-2-17-10-12-30-13-11-17)33-25(38)9-3-18-14-19(28)4-8-24(18)37-16-31-35-36-37/h3-5,7-9,14-17,23,30H,2,6,10-13H2,1H3,(H,32,39)(H,33,38)(H,34,40)/t23-/m0/s1. The highest BCUT2D eigenvalue weighted by molar-refractivity contribution is 6.30. The monoisotopic (exact) mass is 584 g/mol. The van der Waals surface area contributed by atoms with Crippen molar-refractivity contribution < 1.29 is 23.5 Å². The lowest BCUT2D eigenvalue weighted by Crippen LogP contribution is -2.43. The molecule has 1 aliphatic rings. The van der Waals surface area contributed by atoms with Gasteiger partial charge in [0.2, 0.25) is 11.8 Å². The molecule has 1 saturated heterocycles. The summed E-state index contributed by atoms with van der Waals surface area (Å²) in [5, 5.41) is 22.6. The number of hydrogen-bond donors (Lipinski definition) is 4. The number of amides is 3. The van der Waals surface area contributed by atoms with Gasteiger partial charge in [-0.2, -0.15) is 4.68 Å². The molecule has 1 atom stereocenters. The van der Waals surface area contributed by atoms with Crippen LogP contribution in [0.2, 0.25) is 5.02 Å². The first-order chi connectivity index (χ1) is 19.8. The van der Waals surface area contributed by atoms with E-state index in [4.69, 9.17) is 11.6 Å². The van der Waals surface area contributed by atoms with E-state index in [1.54, 1.807) is 24.3 Å². The highest BCUT2D eigenvalue weighted by Gasteiger charge is 2.23. The maximum Gasteiger partial charge on any atom is 0.411 e. The number of benzene rings is 2. The fraction of sp³-hybridized carbons (Fsp3) is 0.333. The molecule has 12 nitrogen and oxygen atoms in total. The topological polar surface area (TPSA) is 152 Å². The number of ether oxygens (including phenoxy) is 1. The van der Waals surface area contributed by atoms with Crippen LogP contribution in [-0.4, -0.2) is 64.4 Å². The molecule has 0 bridgehead atoms. The number of aromatic nitrogens is 4. The Morgan fingerprint density at radius 1 is 1.20 bits per heavy atom. The number of anilines is 2. The number of piperidine rings is 1. The van der Waals surface area contributed by atoms with Gasteiger partial charge in [0.25, 0.3) is 0 Å². The number of nitrogens with zero attached hydrogens (tertiary/aromatic N) is 4. The van der Waals surface area contributed by atoms with E-state index in [1.807, 2.05) is 0 Å². The maximum absolute atomic E-state index is 14.5. The fourth-order valence-electron chi connectivity index (χ4n) is 4.45. The van der Waals surface area contributed by atoms with Crippen LogP contribution in [0.25, 0.3) is 11.8 Å². The Labute approximate surface area is 240 Å². The van der Waals surface area contributed by atoms with Crippen molar-refractivity contribution in [1.82, 2.24) is 30.8 Å². The van der Waals surface area contributed by atoms with Gasteiger partial charge >= 0.3 is 6.09 Å². The van der Waals surface area contributed by atoms with Crippen LogP contribution < -0.4 is 21.3 Å². The summed E-state index contributed by atoms with van der Waals surface area (Å²) in [5.41, 5.74) is 1.27. The van der Waals surface area contributed by atoms with Crippen molar-refractivity contribution in [3.8, 4) is 5.69 Å². The average Bonchev–Trinajstić information content (AvgIpc) is 3.51. The molecule has 0 spiro atoms. The first-order valence-corrected chi connectivity index (χ1v) is 13.4. The molecular formula is C27H30ClFN8O4. The molecule has 0 saturated carbocycles. The fourth-order valence-corrected chi connectivity index (χ4v) is 4.63. The van der Waals surface area contributed by atoms with Crippen molar-refractivity contribution in [3.63, 3.8) is 0 Å². The lowest BCUT2D eigenvalue weighted by atomic mass is 9.91. The lowest BCUT2D eigenvalue weighted by molar-refractivity contribution is -0.124. The zero-order chi connectivity index (χ0) is 29.2. The molecule has 3 aromatic rings. The number of halogens is 2. The molecule has 1 fully saturated rings. The molecule has 4 N–H and O–H groups in total. The first kappa shape index (κ1) is 29.6. The van der Waals surface area contributed by atoms with E-state index in [-0.39, 0.29) is 11.4 Å². The predicted octanol–water partition coefficient (Wildman–Crippen LogP) is 3.55. The number of methoxy groups -OCH3 is 1. The highest BCUT2D eigenvalue weighted by atomic mass is 35.5. The Morgan fingerprint density at radius 3 is 2.71 bits per heavy atom. The summed E-state index contributed by atoms with van der Waals surface area (Å²) in [4.78, 5) is 37.6. The van der Waals surface area contributed by atoms with Gasteiger partial charge in [-0.25, -0.2) is 9.18 Å². The van der Waals surface area contributed by atoms with E-state index >= 15 is 0 Å². The molecule has 0 radical (unpaired) electrons. The minimum atomic E-state index is -0.878. The first-order valence-electron chi connectivity index (χ1n) is 13.0. The molecule has 4 rings (SSSR count). The average molecular weight is 585 g/mol. The molecule has 14 heteroatoms. The Balaban J connectivity index is 1.47. The van der Waals surface area contributed by atoms with Crippen molar-refractivity contribution >= 4 is 47.0 Å². The molecule has 2 heterocycles. The van der Waals surface area contributed by atoms with Crippen molar-refractivity contribution in [3.05, 3.63) is 65.2 Å². The zero-order valence-corrected chi connectivity index (χ0v) is 23.0. The molecule has 216 valence electrons. The SMILES string of the molecule is COC(=O)Nc1ccc(NC(=O)[C@H](CCC2CCNCC2)NC(=O)C=Cc2cc(Cl)ccc2-n2cnnn2)cc1F. The van der Waals surface area contributed by atoms with E-state index in [0.29, 0.717) is 28.6 Å². The maximum atomic E-state index is 14.5. The zero-order valence-electron chi connectivity index (χ0n) is 22.3. The minimum Gasteiger partial charge on any atom is -0.453 e. The summed E-state index contributed by atoms with van der Waals surface area (Å²) in [6.07, 6.45) is 6.55. The molecule has 41 heavy (non-hydrogen) atoms. The van der Waals surface area contributed by atoms with Crippen LogP contribution in [0.3, 0.4) is 0 Å². The largest absolute Gasteiger partial charge is 0.453 e. The third-order valence-corrected chi connectivity index (χ3v) is 6.85. The number of hydrogen-bond acceptors (Lipinski definition) is 8. The molecule has 0 aliphatic carbocycles. The van der Waals surface area contributed by atoms with E-state index in [1.165, 1.54) is 29.2 Å². The van der Waals surface area contributed by atoms with Crippen LogP contribution in [0.5, 0.6) is 0 Å². The van der Waals surface area contributed by atoms with Crippen molar-refractivity contribution in [1.29, 1.82) is 0 Å². The summed E-state index contributed by atoms with van der Waals surface area (Å²) in [6, 6.07) is 8.01. The van der Waals surface area contributed by atoms with Gasteiger partial charge in [0.1, 0.15) is 18.2 Å². The molecule has 1 aliphatic heterocycles. The van der Waals surface area contributed by atoms with Crippen molar-refractivity contribution in [2.45, 2.75) is 31.7 Å². The Kier molecular flexibility index (Phi) is 10.3. The van der Waals surface area contributed by atoms with E-state index in [9.17, 15) is 18.8 Å². The third-order valence-electron chi connectivity index (χ3n) is 6.61. The predicted molar refractivity (Wildman–Crippen MR) is 151 cm³/mol. The van der Waals surface area contributed by atoms with Gasteiger partial charge < -0.3 is 20.7 Å². The van der Waals surface area contributed by atoms with Crippen LogP contribution >= 0.6 is 11.6 Å². The van der Waals surface area contributed by atoms with Gasteiger partial charge in [0, 0.05) is 22.3 Å². The third kappa shape index (κ3) is 8.56. The number of nitrogens with one attached hydrogen (secondary N) is 4. The smallest absolute Gasteiger partial charge is 0.411 e. The molecule has 2 aromatic carbocycles. The summed E-state index contributed by atoms with van der Waals surface area (Å²) in [6.45, 7) is 1.82. The lowest BCUT2D eigenvalue weighted by Gasteiger charge is -2.25. The van der Waals surface area contributed by atoms with Crippen LogP contribution in [0.15, 0.2) is 48.8 Å². The number of carbonyl (C=O) groups is 3. The van der Waals surface area contributed by atoms with Crippen LogP contribution in [0.4, 0.5) is 20.6 Å². The Morgan fingerprint density at radius 2 is 2.00 bits per heavy atom. The minimum absolute atomic E-state index is 0.0993. The molecule has 1 aromatic heterocycles.